The maximum absolute atomic E-state index is 11.7. The molecular weight excluding hydrogens is 332 g/mol. The van der Waals surface area contributed by atoms with Gasteiger partial charge < -0.3 is 9.74 Å². The Labute approximate surface area is 131 Å². The second kappa shape index (κ2) is 6.08. The fourth-order valence-electron chi connectivity index (χ4n) is 2.14. The molecule has 1 N–H and O–H groups in total. The molecule has 0 spiro atoms. The molecule has 23 heavy (non-hydrogen) atoms. The fourth-order valence-corrected chi connectivity index (χ4v) is 2.85. The first-order valence-corrected chi connectivity index (χ1v) is 8.11. The van der Waals surface area contributed by atoms with Crippen LogP contribution < -0.4 is 0 Å². The van der Waals surface area contributed by atoms with Gasteiger partial charge in [0, 0.05) is 18.7 Å². The molecule has 0 radical (unpaired) electrons. The van der Waals surface area contributed by atoms with Gasteiger partial charge in [-0.05, 0) is 6.92 Å². The van der Waals surface area contributed by atoms with Crippen molar-refractivity contribution in [3.8, 4) is 0 Å². The summed E-state index contributed by atoms with van der Waals surface area (Å²) in [5.41, 5.74) is 0.555. The van der Waals surface area contributed by atoms with Gasteiger partial charge in [0.15, 0.2) is 5.25 Å². The van der Waals surface area contributed by atoms with Gasteiger partial charge >= 0.3 is 5.97 Å². The Morgan fingerprint density at radius 3 is 2.52 bits per heavy atom. The minimum atomic E-state index is -4.76. The van der Waals surface area contributed by atoms with Crippen molar-refractivity contribution < 1.29 is 37.0 Å². The van der Waals surface area contributed by atoms with Crippen LogP contribution in [-0.4, -0.2) is 65.0 Å². The van der Waals surface area contributed by atoms with Gasteiger partial charge in [-0.1, -0.05) is 6.08 Å². The van der Waals surface area contributed by atoms with E-state index in [1.807, 2.05) is 0 Å². The quantitative estimate of drug-likeness (QED) is 0.476. The summed E-state index contributed by atoms with van der Waals surface area (Å²) < 4.78 is 30.7. The predicted octanol–water partition coefficient (Wildman–Crippen LogP) is -1.36. The highest BCUT2D eigenvalue weighted by Crippen LogP contribution is 2.20. The number of hydrogen-bond donors (Lipinski definition) is 1. The van der Waals surface area contributed by atoms with E-state index in [1.165, 1.54) is 4.90 Å². The van der Waals surface area contributed by atoms with Gasteiger partial charge in [0.1, 0.15) is 0 Å². The van der Waals surface area contributed by atoms with Crippen LogP contribution in [-0.2, 0) is 34.1 Å². The maximum Gasteiger partial charge on any atom is 0.334 e. The molecule has 1 fully saturated rings. The van der Waals surface area contributed by atoms with E-state index in [1.54, 1.807) is 13.0 Å². The summed E-state index contributed by atoms with van der Waals surface area (Å²) in [5.74, 6) is -3.56. The van der Waals surface area contributed by atoms with Crippen molar-refractivity contribution in [3.05, 3.63) is 11.6 Å². The molecule has 3 amide bonds. The number of hydroxylamine groups is 2. The summed E-state index contributed by atoms with van der Waals surface area (Å²) in [6.07, 6.45) is 0.622. The van der Waals surface area contributed by atoms with E-state index in [9.17, 15) is 27.6 Å². The van der Waals surface area contributed by atoms with Crippen molar-refractivity contribution in [2.24, 2.45) is 0 Å². The van der Waals surface area contributed by atoms with Crippen molar-refractivity contribution in [2.75, 3.05) is 13.1 Å². The SMILES string of the molecule is CC1=CCN(CCC(=O)ON2C(=O)CC(S(=O)(=O)O)C2=O)C1=O. The number of rotatable bonds is 5. The van der Waals surface area contributed by atoms with Crippen LogP contribution in [0.5, 0.6) is 0 Å². The van der Waals surface area contributed by atoms with Crippen molar-refractivity contribution >= 4 is 33.8 Å². The number of amides is 3. The number of imide groups is 1. The molecule has 1 saturated heterocycles. The summed E-state index contributed by atoms with van der Waals surface area (Å²) in [5, 5.41) is -1.93. The van der Waals surface area contributed by atoms with E-state index in [4.69, 9.17) is 4.55 Å². The van der Waals surface area contributed by atoms with Gasteiger partial charge in [-0.2, -0.15) is 8.42 Å². The number of carbonyl (C=O) groups excluding carboxylic acids is 4. The van der Waals surface area contributed by atoms with Gasteiger partial charge in [0.25, 0.3) is 21.9 Å². The fraction of sp³-hybridized carbons (Fsp3) is 0.500. The van der Waals surface area contributed by atoms with Crippen molar-refractivity contribution in [1.82, 2.24) is 9.96 Å². The van der Waals surface area contributed by atoms with E-state index >= 15 is 0 Å². The van der Waals surface area contributed by atoms with Gasteiger partial charge in [0.05, 0.1) is 12.8 Å². The topological polar surface area (TPSA) is 138 Å². The van der Waals surface area contributed by atoms with Crippen LogP contribution in [0.2, 0.25) is 0 Å². The third kappa shape index (κ3) is 3.56. The lowest BCUT2D eigenvalue weighted by Crippen LogP contribution is -2.37. The molecule has 126 valence electrons. The van der Waals surface area contributed by atoms with Crippen LogP contribution in [0.15, 0.2) is 11.6 Å². The van der Waals surface area contributed by atoms with Crippen LogP contribution >= 0.6 is 0 Å². The van der Waals surface area contributed by atoms with Crippen molar-refractivity contribution in [1.29, 1.82) is 0 Å². The number of hydrogen-bond acceptors (Lipinski definition) is 7. The Bertz CT molecular complexity index is 711. The molecule has 2 aliphatic rings. The van der Waals surface area contributed by atoms with Gasteiger partial charge in [-0.25, -0.2) is 4.79 Å². The highest BCUT2D eigenvalue weighted by atomic mass is 32.2. The van der Waals surface area contributed by atoms with Crippen molar-refractivity contribution in [3.63, 3.8) is 0 Å². The molecule has 0 aromatic rings. The maximum atomic E-state index is 11.7. The highest BCUT2D eigenvalue weighted by Gasteiger charge is 2.48. The first kappa shape index (κ1) is 17.1. The summed E-state index contributed by atoms with van der Waals surface area (Å²) in [7, 11) is -4.76. The zero-order valence-electron chi connectivity index (χ0n) is 12.1. The van der Waals surface area contributed by atoms with E-state index in [0.29, 0.717) is 12.1 Å². The summed E-state index contributed by atoms with van der Waals surface area (Å²) in [6.45, 7) is 2.02. The summed E-state index contributed by atoms with van der Waals surface area (Å²) >= 11 is 0. The average Bonchev–Trinajstić information content (AvgIpc) is 2.91. The minimum Gasteiger partial charge on any atom is -0.335 e. The van der Waals surface area contributed by atoms with Crippen LogP contribution in [0, 0.1) is 0 Å². The molecule has 0 saturated carbocycles. The lowest BCUT2D eigenvalue weighted by atomic mass is 10.3. The largest absolute Gasteiger partial charge is 0.335 e. The highest BCUT2D eigenvalue weighted by molar-refractivity contribution is 7.87. The Morgan fingerprint density at radius 1 is 1.39 bits per heavy atom. The van der Waals surface area contributed by atoms with Gasteiger partial charge in [-0.3, -0.25) is 18.9 Å². The molecule has 2 aliphatic heterocycles. The second-order valence-corrected chi connectivity index (χ2v) is 6.68. The van der Waals surface area contributed by atoms with E-state index in [0.717, 1.165) is 0 Å². The Kier molecular flexibility index (Phi) is 4.52. The summed E-state index contributed by atoms with van der Waals surface area (Å²) in [4.78, 5) is 52.4. The molecule has 2 heterocycles. The van der Waals surface area contributed by atoms with Gasteiger partial charge in [0.2, 0.25) is 5.91 Å². The molecule has 0 bridgehead atoms. The predicted molar refractivity (Wildman–Crippen MR) is 72.9 cm³/mol. The van der Waals surface area contributed by atoms with Crippen LogP contribution in [0.25, 0.3) is 0 Å². The smallest absolute Gasteiger partial charge is 0.334 e. The molecule has 1 unspecified atom stereocenters. The Morgan fingerprint density at radius 2 is 2.04 bits per heavy atom. The monoisotopic (exact) mass is 346 g/mol. The lowest BCUT2D eigenvalue weighted by molar-refractivity contribution is -0.197. The second-order valence-electron chi connectivity index (χ2n) is 5.09. The van der Waals surface area contributed by atoms with E-state index in [2.05, 4.69) is 4.84 Å². The third-order valence-electron chi connectivity index (χ3n) is 3.44. The van der Waals surface area contributed by atoms with Crippen molar-refractivity contribution in [2.45, 2.75) is 25.0 Å². The first-order chi connectivity index (χ1) is 10.6. The van der Waals surface area contributed by atoms with E-state index in [-0.39, 0.29) is 23.9 Å². The molecule has 11 heteroatoms. The first-order valence-electron chi connectivity index (χ1n) is 6.61. The van der Waals surface area contributed by atoms with E-state index < -0.39 is 39.6 Å². The van der Waals surface area contributed by atoms with Gasteiger partial charge in [-0.15, -0.1) is 5.06 Å². The summed E-state index contributed by atoms with van der Waals surface area (Å²) in [6, 6.07) is 0. The van der Waals surface area contributed by atoms with Crippen LogP contribution in [0.1, 0.15) is 19.8 Å². The third-order valence-corrected chi connectivity index (χ3v) is 4.53. The molecule has 0 aliphatic carbocycles. The molecule has 1 atom stereocenters. The molecule has 0 aromatic heterocycles. The van der Waals surface area contributed by atoms with Crippen LogP contribution in [0.3, 0.4) is 0 Å². The average molecular weight is 346 g/mol. The number of nitrogens with zero attached hydrogens (tertiary/aromatic N) is 2. The molecule has 10 nitrogen and oxygen atoms in total. The normalized spacial score (nSPS) is 21.9. The molecule has 0 aromatic carbocycles. The Hall–Kier alpha value is -2.27. The minimum absolute atomic E-state index is 0.0312. The zero-order chi connectivity index (χ0) is 17.4. The Balaban J connectivity index is 1.90. The number of carbonyl (C=O) groups is 4. The zero-order valence-corrected chi connectivity index (χ0v) is 12.9. The molecule has 2 rings (SSSR count). The molecular formula is C12H14N2O8S. The lowest BCUT2D eigenvalue weighted by Gasteiger charge is -2.17. The van der Waals surface area contributed by atoms with Crippen LogP contribution in [0.4, 0.5) is 0 Å². The standard InChI is InChI=1S/C12H14N2O8S/c1-7-2-4-13(11(7)17)5-3-10(16)22-14-9(15)6-8(12(14)18)23(19,20)21/h2,8H,3-6H2,1H3,(H,19,20,21).